The molecule has 9 heteroatoms. The van der Waals surface area contributed by atoms with Crippen LogP contribution < -0.4 is 10.9 Å². The van der Waals surface area contributed by atoms with Crippen LogP contribution in [-0.4, -0.2) is 57.0 Å². The Labute approximate surface area is 174 Å². The van der Waals surface area contributed by atoms with Gasteiger partial charge in [0.2, 0.25) is 0 Å². The summed E-state index contributed by atoms with van der Waals surface area (Å²) in [4.78, 5) is 31.1. The van der Waals surface area contributed by atoms with Crippen molar-refractivity contribution in [1.29, 1.82) is 0 Å². The van der Waals surface area contributed by atoms with Crippen LogP contribution in [0.25, 0.3) is 0 Å². The van der Waals surface area contributed by atoms with Crippen molar-refractivity contribution in [2.24, 2.45) is 0 Å². The molecule has 1 atom stereocenters. The Morgan fingerprint density at radius 2 is 2.28 bits per heavy atom. The number of oxazole rings is 1. The fraction of sp³-hybridized carbons (Fsp3) is 0.600. The van der Waals surface area contributed by atoms with Crippen LogP contribution in [0.5, 0.6) is 0 Å². The van der Waals surface area contributed by atoms with Gasteiger partial charge in [-0.3, -0.25) is 14.5 Å². The van der Waals surface area contributed by atoms with E-state index in [9.17, 15) is 9.59 Å². The monoisotopic (exact) mass is 417 g/mol. The van der Waals surface area contributed by atoms with E-state index in [1.807, 2.05) is 11.8 Å². The first-order valence-electron chi connectivity index (χ1n) is 10.2. The summed E-state index contributed by atoms with van der Waals surface area (Å²) >= 11 is 1.85. The van der Waals surface area contributed by atoms with Gasteiger partial charge in [-0.25, -0.2) is 9.67 Å². The first-order valence-corrected chi connectivity index (χ1v) is 11.4. The summed E-state index contributed by atoms with van der Waals surface area (Å²) in [5.41, 5.74) is 2.44. The molecule has 1 fully saturated rings. The number of rotatable bonds is 6. The average molecular weight is 418 g/mol. The highest BCUT2D eigenvalue weighted by molar-refractivity contribution is 7.98. The van der Waals surface area contributed by atoms with E-state index in [1.54, 1.807) is 17.7 Å². The molecular formula is C20H27N5O3S. The van der Waals surface area contributed by atoms with E-state index in [0.29, 0.717) is 24.7 Å². The van der Waals surface area contributed by atoms with Gasteiger partial charge in [0.1, 0.15) is 6.26 Å². The zero-order chi connectivity index (χ0) is 20.2. The summed E-state index contributed by atoms with van der Waals surface area (Å²) in [6, 6.07) is 2.01. The molecule has 156 valence electrons. The minimum Gasteiger partial charge on any atom is -0.448 e. The number of amides is 1. The first-order chi connectivity index (χ1) is 14.1. The molecule has 2 aromatic rings. The van der Waals surface area contributed by atoms with Crippen LogP contribution in [0.4, 0.5) is 0 Å². The highest BCUT2D eigenvalue weighted by Crippen LogP contribution is 2.21. The van der Waals surface area contributed by atoms with Crippen LogP contribution in [0, 0.1) is 6.92 Å². The Kier molecular flexibility index (Phi) is 6.34. The Hall–Kier alpha value is -2.13. The van der Waals surface area contributed by atoms with Crippen LogP contribution in [0.2, 0.25) is 0 Å². The van der Waals surface area contributed by atoms with Crippen LogP contribution in [0.3, 0.4) is 0 Å². The SMILES string of the molecule is Cc1nc(C(=O)NCC2CCCCN2CCn2nc3c(cc2=O)CSCC3)co1. The van der Waals surface area contributed by atoms with E-state index in [2.05, 4.69) is 20.3 Å². The van der Waals surface area contributed by atoms with Gasteiger partial charge >= 0.3 is 0 Å². The average Bonchev–Trinajstić information content (AvgIpc) is 3.17. The first kappa shape index (κ1) is 20.2. The number of likely N-dealkylation sites (tertiary alicyclic amines) is 1. The maximum atomic E-state index is 12.4. The third-order valence-corrected chi connectivity index (χ3v) is 6.61. The number of carbonyl (C=O) groups excluding carboxylic acids is 1. The van der Waals surface area contributed by atoms with Crippen molar-refractivity contribution in [3.63, 3.8) is 0 Å². The molecule has 1 saturated heterocycles. The van der Waals surface area contributed by atoms with Gasteiger partial charge in [-0.15, -0.1) is 0 Å². The number of thioether (sulfide) groups is 1. The summed E-state index contributed by atoms with van der Waals surface area (Å²) in [5.74, 6) is 2.22. The Balaban J connectivity index is 1.35. The van der Waals surface area contributed by atoms with Crippen molar-refractivity contribution >= 4 is 17.7 Å². The molecule has 0 bridgehead atoms. The second-order valence-corrected chi connectivity index (χ2v) is 8.73. The van der Waals surface area contributed by atoms with Gasteiger partial charge in [0.25, 0.3) is 11.5 Å². The van der Waals surface area contributed by atoms with Crippen molar-refractivity contribution in [1.82, 2.24) is 25.0 Å². The van der Waals surface area contributed by atoms with Crippen molar-refractivity contribution < 1.29 is 9.21 Å². The topological polar surface area (TPSA) is 93.3 Å². The van der Waals surface area contributed by atoms with E-state index in [4.69, 9.17) is 4.42 Å². The molecular weight excluding hydrogens is 390 g/mol. The Bertz CT molecular complexity index is 925. The molecule has 1 unspecified atom stereocenters. The number of nitrogens with zero attached hydrogens (tertiary/aromatic N) is 4. The lowest BCUT2D eigenvalue weighted by Gasteiger charge is -2.35. The largest absolute Gasteiger partial charge is 0.448 e. The van der Waals surface area contributed by atoms with E-state index in [0.717, 1.165) is 61.5 Å². The highest BCUT2D eigenvalue weighted by atomic mass is 32.2. The third-order valence-electron chi connectivity index (χ3n) is 5.60. The maximum absolute atomic E-state index is 12.4. The number of fused-ring (bicyclic) bond motifs is 1. The minimum absolute atomic E-state index is 0.0190. The molecule has 8 nitrogen and oxygen atoms in total. The predicted octanol–water partition coefficient (Wildman–Crippen LogP) is 1.61. The predicted molar refractivity (Wildman–Crippen MR) is 111 cm³/mol. The Morgan fingerprint density at radius 3 is 3.10 bits per heavy atom. The van der Waals surface area contributed by atoms with Gasteiger partial charge < -0.3 is 9.73 Å². The smallest absolute Gasteiger partial charge is 0.273 e. The van der Waals surface area contributed by atoms with Gasteiger partial charge in [-0.2, -0.15) is 16.9 Å². The Morgan fingerprint density at radius 1 is 1.38 bits per heavy atom. The van der Waals surface area contributed by atoms with Crippen molar-refractivity contribution in [2.45, 2.75) is 50.9 Å². The third kappa shape index (κ3) is 4.90. The summed E-state index contributed by atoms with van der Waals surface area (Å²) in [5, 5.41) is 7.59. The normalized spacial score (nSPS) is 19.7. The van der Waals surface area contributed by atoms with Gasteiger partial charge in [-0.1, -0.05) is 6.42 Å². The van der Waals surface area contributed by atoms with Crippen LogP contribution in [-0.2, 0) is 18.7 Å². The van der Waals surface area contributed by atoms with E-state index < -0.39 is 0 Å². The summed E-state index contributed by atoms with van der Waals surface area (Å²) in [7, 11) is 0. The van der Waals surface area contributed by atoms with E-state index in [-0.39, 0.29) is 17.5 Å². The molecule has 2 aliphatic heterocycles. The van der Waals surface area contributed by atoms with E-state index >= 15 is 0 Å². The quantitative estimate of drug-likeness (QED) is 0.763. The number of aromatic nitrogens is 3. The fourth-order valence-electron chi connectivity index (χ4n) is 3.99. The van der Waals surface area contributed by atoms with Crippen LogP contribution >= 0.6 is 11.8 Å². The second-order valence-electron chi connectivity index (χ2n) is 7.63. The van der Waals surface area contributed by atoms with Crippen LogP contribution in [0.15, 0.2) is 21.5 Å². The maximum Gasteiger partial charge on any atom is 0.273 e. The molecule has 2 aromatic heterocycles. The van der Waals surface area contributed by atoms with Gasteiger partial charge in [0.05, 0.1) is 12.2 Å². The molecule has 4 heterocycles. The second kappa shape index (κ2) is 9.13. The number of aryl methyl sites for hydroxylation is 2. The van der Waals surface area contributed by atoms with Crippen molar-refractivity contribution in [2.75, 3.05) is 25.4 Å². The van der Waals surface area contributed by atoms with Gasteiger partial charge in [0, 0.05) is 44.3 Å². The molecule has 29 heavy (non-hydrogen) atoms. The molecule has 0 spiro atoms. The standard InChI is InChI=1S/C20H27N5O3S/c1-14-22-18(12-28-14)20(27)21-11-16-4-2-3-6-24(16)7-8-25-19(26)10-15-13-29-9-5-17(15)23-25/h10,12,16H,2-9,11,13H2,1H3,(H,21,27). The molecule has 2 aliphatic rings. The zero-order valence-corrected chi connectivity index (χ0v) is 17.5. The molecule has 4 rings (SSSR count). The highest BCUT2D eigenvalue weighted by Gasteiger charge is 2.24. The molecule has 0 aromatic carbocycles. The zero-order valence-electron chi connectivity index (χ0n) is 16.7. The van der Waals surface area contributed by atoms with Gasteiger partial charge in [-0.05, 0) is 30.7 Å². The molecule has 0 saturated carbocycles. The van der Waals surface area contributed by atoms with Crippen molar-refractivity contribution in [3.05, 3.63) is 45.5 Å². The van der Waals surface area contributed by atoms with Crippen molar-refractivity contribution in [3.8, 4) is 0 Å². The molecule has 1 amide bonds. The lowest BCUT2D eigenvalue weighted by Crippen LogP contribution is -2.48. The lowest BCUT2D eigenvalue weighted by molar-refractivity contribution is 0.0904. The van der Waals surface area contributed by atoms with E-state index in [1.165, 1.54) is 6.26 Å². The van der Waals surface area contributed by atoms with Crippen LogP contribution in [0.1, 0.15) is 46.9 Å². The summed E-state index contributed by atoms with van der Waals surface area (Å²) < 4.78 is 6.72. The fourth-order valence-corrected chi connectivity index (χ4v) is 4.94. The summed E-state index contributed by atoms with van der Waals surface area (Å²) in [6.45, 7) is 4.58. The molecule has 0 aliphatic carbocycles. The number of carbonyl (C=O) groups is 1. The minimum atomic E-state index is -0.210. The molecule has 1 N–H and O–H groups in total. The summed E-state index contributed by atoms with van der Waals surface area (Å²) in [6.07, 6.45) is 5.63. The van der Waals surface area contributed by atoms with Gasteiger partial charge in [0.15, 0.2) is 11.6 Å². The number of hydrogen-bond acceptors (Lipinski definition) is 7. The number of nitrogens with one attached hydrogen (secondary N) is 1. The lowest BCUT2D eigenvalue weighted by atomic mass is 10.0. The number of hydrogen-bond donors (Lipinski definition) is 1. The molecule has 0 radical (unpaired) electrons. The number of piperidine rings is 1.